The Kier molecular flexibility index (Phi) is 4.38. The first-order valence-electron chi connectivity index (χ1n) is 9.12. The minimum atomic E-state index is 0.629. The van der Waals surface area contributed by atoms with Crippen LogP contribution in [-0.2, 0) is 0 Å². The van der Waals surface area contributed by atoms with Crippen LogP contribution in [0.3, 0.4) is 0 Å². The van der Waals surface area contributed by atoms with Crippen LogP contribution in [-0.4, -0.2) is 0 Å². The Hall–Kier alpha value is -0.520. The van der Waals surface area contributed by atoms with Crippen molar-refractivity contribution in [2.45, 2.75) is 84.5 Å². The fourth-order valence-electron chi connectivity index (χ4n) is 5.41. The normalized spacial score (nSPS) is 39.9. The third-order valence-electron chi connectivity index (χ3n) is 6.68. The first-order chi connectivity index (χ1) is 9.74. The van der Waals surface area contributed by atoms with Crippen LogP contribution in [0, 0.1) is 17.3 Å². The average Bonchev–Trinajstić information content (AvgIpc) is 2.83. The Morgan fingerprint density at radius 3 is 2.55 bits per heavy atom. The van der Waals surface area contributed by atoms with E-state index in [1.165, 1.54) is 70.6 Å². The predicted octanol–water partition coefficient (Wildman–Crippen LogP) is 6.43. The molecular weight excluding hydrogens is 240 g/mol. The number of hydrogen-bond acceptors (Lipinski definition) is 0. The van der Waals surface area contributed by atoms with Gasteiger partial charge in [-0.15, -0.1) is 0 Å². The van der Waals surface area contributed by atoms with Gasteiger partial charge in [0.1, 0.15) is 0 Å². The van der Waals surface area contributed by atoms with Crippen molar-refractivity contribution in [1.82, 2.24) is 0 Å². The molecule has 0 N–H and O–H groups in total. The first-order valence-corrected chi connectivity index (χ1v) is 9.12. The fourth-order valence-corrected chi connectivity index (χ4v) is 5.41. The minimum absolute atomic E-state index is 0.629. The highest BCUT2D eigenvalue weighted by Crippen LogP contribution is 2.58. The number of hydrogen-bond donors (Lipinski definition) is 0. The molecule has 0 aromatic carbocycles. The molecule has 0 amide bonds. The Morgan fingerprint density at radius 1 is 1.00 bits per heavy atom. The van der Waals surface area contributed by atoms with Crippen LogP contribution in [0.1, 0.15) is 84.5 Å². The predicted molar refractivity (Wildman–Crippen MR) is 87.7 cm³/mol. The van der Waals surface area contributed by atoms with Gasteiger partial charge < -0.3 is 0 Å². The number of allylic oxidation sites excluding steroid dienone is 4. The molecule has 3 fully saturated rings. The summed E-state index contributed by atoms with van der Waals surface area (Å²) in [6.45, 7) is 5.00. The zero-order chi connectivity index (χ0) is 14.0. The van der Waals surface area contributed by atoms with Crippen LogP contribution in [0.25, 0.3) is 0 Å². The summed E-state index contributed by atoms with van der Waals surface area (Å²) < 4.78 is 0. The van der Waals surface area contributed by atoms with E-state index in [1.807, 2.05) is 0 Å². The van der Waals surface area contributed by atoms with Gasteiger partial charge in [-0.05, 0) is 75.0 Å². The van der Waals surface area contributed by atoms with E-state index < -0.39 is 0 Å². The van der Waals surface area contributed by atoms with Crippen molar-refractivity contribution in [1.29, 1.82) is 0 Å². The lowest BCUT2D eigenvalue weighted by molar-refractivity contribution is 0.133. The molecule has 0 bridgehead atoms. The van der Waals surface area contributed by atoms with E-state index >= 15 is 0 Å². The van der Waals surface area contributed by atoms with Gasteiger partial charge in [-0.25, -0.2) is 0 Å². The molecule has 3 rings (SSSR count). The molecular formula is C20H32. The Balaban J connectivity index is 1.76. The molecule has 3 atom stereocenters. The summed E-state index contributed by atoms with van der Waals surface area (Å²) in [7, 11) is 0. The molecule has 0 aromatic heterocycles. The lowest BCUT2D eigenvalue weighted by atomic mass is 9.63. The quantitative estimate of drug-likeness (QED) is 0.543. The van der Waals surface area contributed by atoms with E-state index in [9.17, 15) is 0 Å². The third kappa shape index (κ3) is 2.63. The molecule has 0 aromatic rings. The standard InChI is InChI=1S/C20H32/c1-3-18-13-14-19-17(10-7-15-20(18,19)2)12-11-16-8-5-4-6-9-16/h11-12,18-19H,3-10,13-15H2,1-2H3/b17-12+. The summed E-state index contributed by atoms with van der Waals surface area (Å²) >= 11 is 0. The monoisotopic (exact) mass is 272 g/mol. The van der Waals surface area contributed by atoms with Gasteiger partial charge in [0.2, 0.25) is 0 Å². The molecule has 0 heteroatoms. The zero-order valence-electron chi connectivity index (χ0n) is 13.6. The highest BCUT2D eigenvalue weighted by Gasteiger charge is 2.48. The second-order valence-electron chi connectivity index (χ2n) is 7.72. The Labute approximate surface area is 125 Å². The molecule has 0 spiro atoms. The third-order valence-corrected chi connectivity index (χ3v) is 6.68. The summed E-state index contributed by atoms with van der Waals surface area (Å²) in [5.41, 5.74) is 4.15. The molecule has 3 saturated carbocycles. The second-order valence-corrected chi connectivity index (χ2v) is 7.72. The first kappa shape index (κ1) is 14.4. The summed E-state index contributed by atoms with van der Waals surface area (Å²) in [6.07, 6.45) is 20.7. The van der Waals surface area contributed by atoms with Gasteiger partial charge in [0.15, 0.2) is 0 Å². The van der Waals surface area contributed by atoms with Gasteiger partial charge in [-0.1, -0.05) is 50.0 Å². The van der Waals surface area contributed by atoms with Gasteiger partial charge in [0, 0.05) is 0 Å². The van der Waals surface area contributed by atoms with Crippen LogP contribution in [0.5, 0.6) is 0 Å². The van der Waals surface area contributed by atoms with Crippen molar-refractivity contribution in [3.8, 4) is 0 Å². The van der Waals surface area contributed by atoms with Gasteiger partial charge >= 0.3 is 0 Å². The van der Waals surface area contributed by atoms with Gasteiger partial charge in [-0.2, -0.15) is 0 Å². The number of fused-ring (bicyclic) bond motifs is 1. The topological polar surface area (TPSA) is 0 Å². The van der Waals surface area contributed by atoms with E-state index in [4.69, 9.17) is 0 Å². The van der Waals surface area contributed by atoms with E-state index in [2.05, 4.69) is 26.0 Å². The van der Waals surface area contributed by atoms with Crippen molar-refractivity contribution < 1.29 is 0 Å². The lowest BCUT2D eigenvalue weighted by Crippen LogP contribution is -2.32. The molecule has 3 aliphatic rings. The van der Waals surface area contributed by atoms with Crippen LogP contribution >= 0.6 is 0 Å². The second kappa shape index (κ2) is 6.08. The Bertz CT molecular complexity index is 392. The van der Waals surface area contributed by atoms with Crippen molar-refractivity contribution in [2.24, 2.45) is 17.3 Å². The molecule has 0 nitrogen and oxygen atoms in total. The maximum atomic E-state index is 2.60. The molecule has 0 radical (unpaired) electrons. The average molecular weight is 272 g/mol. The van der Waals surface area contributed by atoms with E-state index in [1.54, 1.807) is 11.1 Å². The van der Waals surface area contributed by atoms with Gasteiger partial charge in [0.05, 0.1) is 0 Å². The van der Waals surface area contributed by atoms with Crippen molar-refractivity contribution in [3.63, 3.8) is 0 Å². The zero-order valence-corrected chi connectivity index (χ0v) is 13.6. The summed E-state index contributed by atoms with van der Waals surface area (Å²) in [6, 6.07) is 0. The molecule has 0 aliphatic heterocycles. The summed E-state index contributed by atoms with van der Waals surface area (Å²) in [5, 5.41) is 0. The van der Waals surface area contributed by atoms with Crippen LogP contribution < -0.4 is 0 Å². The molecule has 3 unspecified atom stereocenters. The van der Waals surface area contributed by atoms with E-state index in [0.717, 1.165) is 11.8 Å². The molecule has 0 saturated heterocycles. The largest absolute Gasteiger partial charge is 0.0702 e. The van der Waals surface area contributed by atoms with Crippen molar-refractivity contribution >= 4 is 0 Å². The van der Waals surface area contributed by atoms with Crippen LogP contribution in [0.15, 0.2) is 23.3 Å². The minimum Gasteiger partial charge on any atom is -0.0702 e. The molecule has 3 aliphatic carbocycles. The lowest BCUT2D eigenvalue weighted by Gasteiger charge is -2.42. The highest BCUT2D eigenvalue weighted by molar-refractivity contribution is 5.25. The summed E-state index contributed by atoms with van der Waals surface area (Å²) in [4.78, 5) is 0. The fraction of sp³-hybridized carbons (Fsp3) is 0.800. The van der Waals surface area contributed by atoms with E-state index in [0.29, 0.717) is 5.41 Å². The molecule has 20 heavy (non-hydrogen) atoms. The smallest absolute Gasteiger partial charge is 0.0143 e. The van der Waals surface area contributed by atoms with Crippen LogP contribution in [0.2, 0.25) is 0 Å². The van der Waals surface area contributed by atoms with Gasteiger partial charge in [-0.3, -0.25) is 0 Å². The van der Waals surface area contributed by atoms with Crippen molar-refractivity contribution in [2.75, 3.05) is 0 Å². The highest BCUT2D eigenvalue weighted by atomic mass is 14.5. The van der Waals surface area contributed by atoms with E-state index in [-0.39, 0.29) is 0 Å². The SMILES string of the molecule is CCC1CCC2/C(=C/C=C3CCCCC3)CCCC12C. The molecule has 0 heterocycles. The molecule has 112 valence electrons. The Morgan fingerprint density at radius 2 is 1.80 bits per heavy atom. The maximum absolute atomic E-state index is 2.60. The van der Waals surface area contributed by atoms with Crippen LogP contribution in [0.4, 0.5) is 0 Å². The summed E-state index contributed by atoms with van der Waals surface area (Å²) in [5.74, 6) is 1.89. The maximum Gasteiger partial charge on any atom is -0.0143 e. The van der Waals surface area contributed by atoms with Gasteiger partial charge in [0.25, 0.3) is 0 Å². The number of rotatable bonds is 2. The van der Waals surface area contributed by atoms with Crippen molar-refractivity contribution in [3.05, 3.63) is 23.3 Å².